The first-order chi connectivity index (χ1) is 8.15. The molecular weight excluding hydrogens is 214 g/mol. The fourth-order valence-electron chi connectivity index (χ4n) is 2.30. The summed E-state index contributed by atoms with van der Waals surface area (Å²) in [4.78, 5) is 15.8. The predicted octanol–water partition coefficient (Wildman–Crippen LogP) is 1.58. The van der Waals surface area contributed by atoms with Gasteiger partial charge in [0, 0.05) is 19.3 Å². The first-order valence-electron chi connectivity index (χ1n) is 5.95. The van der Waals surface area contributed by atoms with Gasteiger partial charge in [-0.1, -0.05) is 18.2 Å². The van der Waals surface area contributed by atoms with E-state index in [9.17, 15) is 4.79 Å². The molecule has 1 fully saturated rings. The largest absolute Gasteiger partial charge is 0.330 e. The van der Waals surface area contributed by atoms with E-state index in [1.54, 1.807) is 4.90 Å². The Morgan fingerprint density at radius 2 is 2.12 bits per heavy atom. The molecule has 1 heterocycles. The third-order valence-electron chi connectivity index (χ3n) is 3.38. The minimum absolute atomic E-state index is 0.0674. The van der Waals surface area contributed by atoms with E-state index < -0.39 is 0 Å². The van der Waals surface area contributed by atoms with E-state index in [1.807, 2.05) is 43.1 Å². The van der Waals surface area contributed by atoms with Crippen LogP contribution in [0.4, 0.5) is 10.5 Å². The van der Waals surface area contributed by atoms with Gasteiger partial charge in [-0.25, -0.2) is 4.79 Å². The molecule has 0 aromatic heterocycles. The SMILES string of the molecule is Cc1ccccc1N1CC(CCN)N(C)C1=O. The monoisotopic (exact) mass is 233 g/mol. The lowest BCUT2D eigenvalue weighted by Gasteiger charge is -2.18. The van der Waals surface area contributed by atoms with Gasteiger partial charge >= 0.3 is 6.03 Å². The number of aryl methyl sites for hydroxylation is 1. The molecule has 1 saturated heterocycles. The lowest BCUT2D eigenvalue weighted by molar-refractivity contribution is 0.217. The molecular formula is C13H19N3O. The number of likely N-dealkylation sites (N-methyl/N-ethyl adjacent to an activating group) is 1. The van der Waals surface area contributed by atoms with Gasteiger partial charge in [-0.2, -0.15) is 0 Å². The van der Waals surface area contributed by atoms with Crippen LogP contribution in [0.5, 0.6) is 0 Å². The molecule has 4 heteroatoms. The van der Waals surface area contributed by atoms with Crippen LogP contribution < -0.4 is 10.6 Å². The molecule has 0 spiro atoms. The number of rotatable bonds is 3. The van der Waals surface area contributed by atoms with Gasteiger partial charge in [0.25, 0.3) is 0 Å². The number of urea groups is 1. The van der Waals surface area contributed by atoms with Gasteiger partial charge in [0.2, 0.25) is 0 Å². The zero-order chi connectivity index (χ0) is 12.4. The van der Waals surface area contributed by atoms with Gasteiger partial charge in [-0.15, -0.1) is 0 Å². The number of para-hydroxylation sites is 1. The second-order valence-corrected chi connectivity index (χ2v) is 4.52. The van der Waals surface area contributed by atoms with Gasteiger partial charge in [0.1, 0.15) is 0 Å². The van der Waals surface area contributed by atoms with Gasteiger partial charge in [0.05, 0.1) is 6.04 Å². The molecule has 2 N–H and O–H groups in total. The summed E-state index contributed by atoms with van der Waals surface area (Å²) in [5.41, 5.74) is 7.70. The van der Waals surface area contributed by atoms with Crippen LogP contribution in [0, 0.1) is 6.92 Å². The molecule has 1 aliphatic heterocycles. The van der Waals surface area contributed by atoms with Crippen molar-refractivity contribution in [2.45, 2.75) is 19.4 Å². The van der Waals surface area contributed by atoms with Crippen molar-refractivity contribution in [1.82, 2.24) is 4.90 Å². The summed E-state index contributed by atoms with van der Waals surface area (Å²) in [5.74, 6) is 0. The number of benzene rings is 1. The molecule has 1 atom stereocenters. The molecule has 1 aromatic rings. The van der Waals surface area contributed by atoms with Gasteiger partial charge < -0.3 is 10.6 Å². The third-order valence-corrected chi connectivity index (χ3v) is 3.38. The average molecular weight is 233 g/mol. The van der Waals surface area contributed by atoms with Gasteiger partial charge in [-0.3, -0.25) is 4.90 Å². The summed E-state index contributed by atoms with van der Waals surface area (Å²) < 4.78 is 0. The number of carbonyl (C=O) groups is 1. The normalized spacial score (nSPS) is 20.2. The molecule has 0 saturated carbocycles. The van der Waals surface area contributed by atoms with Crippen molar-refractivity contribution in [2.75, 3.05) is 25.0 Å². The van der Waals surface area contributed by atoms with E-state index in [-0.39, 0.29) is 12.1 Å². The summed E-state index contributed by atoms with van der Waals surface area (Å²) in [6.07, 6.45) is 0.852. The highest BCUT2D eigenvalue weighted by Crippen LogP contribution is 2.26. The number of hydrogen-bond donors (Lipinski definition) is 1. The van der Waals surface area contributed by atoms with Crippen LogP contribution in [0.15, 0.2) is 24.3 Å². The number of carbonyl (C=O) groups excluding carboxylic acids is 1. The Hall–Kier alpha value is -1.55. The topological polar surface area (TPSA) is 49.6 Å². The molecule has 0 aliphatic carbocycles. The van der Waals surface area contributed by atoms with Crippen molar-refractivity contribution < 1.29 is 4.79 Å². The number of hydrogen-bond acceptors (Lipinski definition) is 2. The summed E-state index contributed by atoms with van der Waals surface area (Å²) in [6.45, 7) is 3.38. The Morgan fingerprint density at radius 3 is 2.76 bits per heavy atom. The molecule has 1 unspecified atom stereocenters. The van der Waals surface area contributed by atoms with Crippen LogP contribution in [0.1, 0.15) is 12.0 Å². The maximum atomic E-state index is 12.2. The van der Waals surface area contributed by atoms with Crippen LogP contribution in [0.2, 0.25) is 0 Å². The first-order valence-corrected chi connectivity index (χ1v) is 5.95. The van der Waals surface area contributed by atoms with E-state index in [0.29, 0.717) is 6.54 Å². The minimum atomic E-state index is 0.0674. The summed E-state index contributed by atoms with van der Waals surface area (Å²) >= 11 is 0. The van der Waals surface area contributed by atoms with Crippen molar-refractivity contribution in [1.29, 1.82) is 0 Å². The molecule has 1 aliphatic rings. The van der Waals surface area contributed by atoms with Crippen molar-refractivity contribution >= 4 is 11.7 Å². The lowest BCUT2D eigenvalue weighted by Crippen LogP contribution is -2.32. The van der Waals surface area contributed by atoms with E-state index in [2.05, 4.69) is 0 Å². The number of amides is 2. The quantitative estimate of drug-likeness (QED) is 0.861. The smallest absolute Gasteiger partial charge is 0.324 e. The molecule has 1 aromatic carbocycles. The Balaban J connectivity index is 2.24. The second-order valence-electron chi connectivity index (χ2n) is 4.52. The Kier molecular flexibility index (Phi) is 3.33. The van der Waals surface area contributed by atoms with Gasteiger partial charge in [-0.05, 0) is 31.5 Å². The molecule has 2 rings (SSSR count). The Morgan fingerprint density at radius 1 is 1.41 bits per heavy atom. The zero-order valence-corrected chi connectivity index (χ0v) is 10.4. The molecule has 92 valence electrons. The summed E-state index contributed by atoms with van der Waals surface area (Å²) in [6, 6.07) is 8.27. The molecule has 0 radical (unpaired) electrons. The van der Waals surface area contributed by atoms with Crippen molar-refractivity contribution in [3.8, 4) is 0 Å². The average Bonchev–Trinajstić information content (AvgIpc) is 2.59. The third kappa shape index (κ3) is 2.13. The molecule has 4 nitrogen and oxygen atoms in total. The van der Waals surface area contributed by atoms with E-state index in [1.165, 1.54) is 0 Å². The zero-order valence-electron chi connectivity index (χ0n) is 10.4. The van der Waals surface area contributed by atoms with Crippen molar-refractivity contribution in [3.05, 3.63) is 29.8 Å². The van der Waals surface area contributed by atoms with E-state index >= 15 is 0 Å². The lowest BCUT2D eigenvalue weighted by atomic mass is 10.1. The van der Waals surface area contributed by atoms with Crippen LogP contribution in [0.25, 0.3) is 0 Å². The fourth-order valence-corrected chi connectivity index (χ4v) is 2.30. The van der Waals surface area contributed by atoms with Crippen molar-refractivity contribution in [2.24, 2.45) is 5.73 Å². The summed E-state index contributed by atoms with van der Waals surface area (Å²) in [7, 11) is 1.85. The molecule has 2 amide bonds. The van der Waals surface area contributed by atoms with Gasteiger partial charge in [0.15, 0.2) is 0 Å². The highest BCUT2D eigenvalue weighted by Gasteiger charge is 2.35. The van der Waals surface area contributed by atoms with Crippen molar-refractivity contribution in [3.63, 3.8) is 0 Å². The molecule has 0 bridgehead atoms. The predicted molar refractivity (Wildman–Crippen MR) is 69.1 cm³/mol. The van der Waals surface area contributed by atoms with Crippen LogP contribution in [0.3, 0.4) is 0 Å². The standard InChI is InChI=1S/C13H19N3O/c1-10-5-3-4-6-12(10)16-9-11(7-8-14)15(2)13(16)17/h3-6,11H,7-9,14H2,1-2H3. The number of nitrogens with two attached hydrogens (primary N) is 1. The second kappa shape index (κ2) is 4.75. The first kappa shape index (κ1) is 11.9. The van der Waals surface area contributed by atoms with Crippen LogP contribution in [-0.4, -0.2) is 37.1 Å². The molecule has 17 heavy (non-hydrogen) atoms. The van der Waals surface area contributed by atoms with E-state index in [0.717, 1.165) is 24.2 Å². The summed E-state index contributed by atoms with van der Waals surface area (Å²) in [5, 5.41) is 0. The van der Waals surface area contributed by atoms with Crippen LogP contribution in [-0.2, 0) is 0 Å². The maximum absolute atomic E-state index is 12.2. The maximum Gasteiger partial charge on any atom is 0.324 e. The highest BCUT2D eigenvalue weighted by atomic mass is 16.2. The Bertz CT molecular complexity index is 419. The van der Waals surface area contributed by atoms with E-state index in [4.69, 9.17) is 5.73 Å². The number of anilines is 1. The fraction of sp³-hybridized carbons (Fsp3) is 0.462. The minimum Gasteiger partial charge on any atom is -0.330 e. The highest BCUT2D eigenvalue weighted by molar-refractivity contribution is 5.95. The Labute approximate surface area is 102 Å². The van der Waals surface area contributed by atoms with Crippen LogP contribution >= 0.6 is 0 Å². The number of nitrogens with zero attached hydrogens (tertiary/aromatic N) is 2.